The molecule has 1 heterocycles. The minimum absolute atomic E-state index is 0.0529. The normalized spacial score (nSPS) is 19.8. The molecule has 1 aliphatic carbocycles. The fraction of sp³-hybridized carbons (Fsp3) is 0.381. The van der Waals surface area contributed by atoms with Crippen LogP contribution >= 0.6 is 11.6 Å². The number of sulfonamides is 1. The van der Waals surface area contributed by atoms with Gasteiger partial charge in [-0.25, -0.2) is 13.1 Å². The van der Waals surface area contributed by atoms with Crippen LogP contribution in [0.4, 0.5) is 0 Å². The van der Waals surface area contributed by atoms with Crippen LogP contribution in [-0.2, 0) is 16.6 Å². The predicted molar refractivity (Wildman–Crippen MR) is 110 cm³/mol. The number of rotatable bonds is 7. The van der Waals surface area contributed by atoms with E-state index in [1.165, 1.54) is 23.8 Å². The molecule has 1 saturated carbocycles. The molecule has 1 saturated heterocycles. The van der Waals surface area contributed by atoms with Crippen LogP contribution in [0.5, 0.6) is 5.75 Å². The Labute approximate surface area is 176 Å². The highest BCUT2D eigenvalue weighted by Gasteiger charge is 2.29. The van der Waals surface area contributed by atoms with Gasteiger partial charge in [-0.1, -0.05) is 23.7 Å². The van der Waals surface area contributed by atoms with Crippen molar-refractivity contribution in [3.05, 3.63) is 58.6 Å². The molecule has 0 spiro atoms. The lowest BCUT2D eigenvalue weighted by Gasteiger charge is -2.17. The summed E-state index contributed by atoms with van der Waals surface area (Å²) in [5.74, 6) is 0.903. The topological polar surface area (TPSA) is 82.4 Å². The molecule has 1 aliphatic heterocycles. The summed E-state index contributed by atoms with van der Waals surface area (Å²) in [6.45, 7) is 2.18. The summed E-state index contributed by atoms with van der Waals surface area (Å²) in [5.41, 5.74) is 1.43. The molecule has 6 nitrogen and oxygen atoms in total. The third-order valence-electron chi connectivity index (χ3n) is 5.10. The third-order valence-corrected chi connectivity index (χ3v) is 7.10. The van der Waals surface area contributed by atoms with Crippen LogP contribution in [0.25, 0.3) is 0 Å². The Kier molecular flexibility index (Phi) is 5.79. The van der Waals surface area contributed by atoms with Gasteiger partial charge in [-0.05, 0) is 55.2 Å². The van der Waals surface area contributed by atoms with Crippen LogP contribution in [-0.4, -0.2) is 38.6 Å². The molecule has 4 rings (SSSR count). The second-order valence-corrected chi connectivity index (χ2v) is 9.65. The number of nitrogens with one attached hydrogen (secondary N) is 1. The largest absolute Gasteiger partial charge is 0.490 e. The zero-order valence-corrected chi connectivity index (χ0v) is 17.4. The number of nitrogens with zero attached hydrogens (tertiary/aromatic N) is 2. The van der Waals surface area contributed by atoms with Crippen LogP contribution in [0.1, 0.15) is 30.4 Å². The highest BCUT2D eigenvalue weighted by atomic mass is 35.5. The standard InChI is InChI=1S/C21H22ClN3O3S/c22-20-8-3-16(12-23)11-21(20)29(26,27)24-17-9-10-25(14-17)13-15-1-4-18(5-2-15)28-19-6-7-19/h1-5,8,11,17,19,24H,6-7,9-10,13-14H2/t17-/m1/s1. The second-order valence-electron chi connectivity index (χ2n) is 7.56. The number of ether oxygens (including phenoxy) is 1. The fourth-order valence-electron chi connectivity index (χ4n) is 3.44. The van der Waals surface area contributed by atoms with Gasteiger partial charge in [0.15, 0.2) is 0 Å². The van der Waals surface area contributed by atoms with E-state index in [2.05, 4.69) is 21.8 Å². The maximum Gasteiger partial charge on any atom is 0.242 e. The van der Waals surface area contributed by atoms with Gasteiger partial charge in [0.2, 0.25) is 10.0 Å². The van der Waals surface area contributed by atoms with Crippen molar-refractivity contribution < 1.29 is 13.2 Å². The number of hydrogen-bond acceptors (Lipinski definition) is 5. The summed E-state index contributed by atoms with van der Waals surface area (Å²) in [7, 11) is -3.79. The number of nitriles is 1. The van der Waals surface area contributed by atoms with Gasteiger partial charge in [0, 0.05) is 25.7 Å². The lowest BCUT2D eigenvalue weighted by Crippen LogP contribution is -2.37. The molecule has 1 atom stereocenters. The minimum Gasteiger partial charge on any atom is -0.490 e. The van der Waals surface area contributed by atoms with Crippen LogP contribution in [0.2, 0.25) is 5.02 Å². The van der Waals surface area contributed by atoms with Gasteiger partial charge in [0.1, 0.15) is 10.6 Å². The Balaban J connectivity index is 1.35. The Hall–Kier alpha value is -2.11. The lowest BCUT2D eigenvalue weighted by atomic mass is 10.2. The molecule has 0 amide bonds. The highest BCUT2D eigenvalue weighted by Crippen LogP contribution is 2.27. The molecule has 8 heteroatoms. The van der Waals surface area contributed by atoms with E-state index in [0.717, 1.165) is 38.1 Å². The maximum atomic E-state index is 12.7. The van der Waals surface area contributed by atoms with E-state index in [1.807, 2.05) is 18.2 Å². The van der Waals surface area contributed by atoms with Crippen molar-refractivity contribution in [3.63, 3.8) is 0 Å². The van der Waals surface area contributed by atoms with Gasteiger partial charge in [0.25, 0.3) is 0 Å². The number of likely N-dealkylation sites (tertiary alicyclic amines) is 1. The van der Waals surface area contributed by atoms with Crippen molar-refractivity contribution in [3.8, 4) is 11.8 Å². The van der Waals surface area contributed by atoms with Crippen molar-refractivity contribution >= 4 is 21.6 Å². The Bertz CT molecular complexity index is 1030. The first-order chi connectivity index (χ1) is 13.9. The van der Waals surface area contributed by atoms with Crippen molar-refractivity contribution in [1.82, 2.24) is 9.62 Å². The zero-order chi connectivity index (χ0) is 20.4. The molecule has 0 bridgehead atoms. The smallest absolute Gasteiger partial charge is 0.242 e. The average molecular weight is 432 g/mol. The quantitative estimate of drug-likeness (QED) is 0.727. The Morgan fingerprint density at radius 3 is 2.62 bits per heavy atom. The first kappa shape index (κ1) is 20.2. The first-order valence-electron chi connectivity index (χ1n) is 9.63. The summed E-state index contributed by atoms with van der Waals surface area (Å²) >= 11 is 6.06. The summed E-state index contributed by atoms with van der Waals surface area (Å²) in [6.07, 6.45) is 3.38. The molecule has 0 unspecified atom stereocenters. The fourth-order valence-corrected chi connectivity index (χ4v) is 5.23. The van der Waals surface area contributed by atoms with E-state index < -0.39 is 10.0 Å². The van der Waals surface area contributed by atoms with E-state index in [1.54, 1.807) is 0 Å². The molecule has 2 aromatic rings. The third kappa shape index (κ3) is 5.09. The van der Waals surface area contributed by atoms with Crippen molar-refractivity contribution in [2.45, 2.75) is 42.8 Å². The van der Waals surface area contributed by atoms with Crippen molar-refractivity contribution in [2.75, 3.05) is 13.1 Å². The molecule has 0 aromatic heterocycles. The molecule has 2 fully saturated rings. The summed E-state index contributed by atoms with van der Waals surface area (Å²) in [6, 6.07) is 14.1. The summed E-state index contributed by atoms with van der Waals surface area (Å²) in [5, 5.41) is 9.13. The molecule has 1 N–H and O–H groups in total. The number of benzene rings is 2. The monoisotopic (exact) mass is 431 g/mol. The van der Waals surface area contributed by atoms with Gasteiger partial charge >= 0.3 is 0 Å². The summed E-state index contributed by atoms with van der Waals surface area (Å²) in [4.78, 5) is 2.17. The van der Waals surface area contributed by atoms with Crippen LogP contribution in [0, 0.1) is 11.3 Å². The van der Waals surface area contributed by atoms with Crippen molar-refractivity contribution in [1.29, 1.82) is 5.26 Å². The van der Waals surface area contributed by atoms with E-state index in [0.29, 0.717) is 12.6 Å². The molecule has 29 heavy (non-hydrogen) atoms. The highest BCUT2D eigenvalue weighted by molar-refractivity contribution is 7.89. The van der Waals surface area contributed by atoms with E-state index in [4.69, 9.17) is 21.6 Å². The minimum atomic E-state index is -3.79. The Morgan fingerprint density at radius 2 is 1.93 bits per heavy atom. The van der Waals surface area contributed by atoms with E-state index >= 15 is 0 Å². The van der Waals surface area contributed by atoms with Gasteiger partial charge < -0.3 is 4.74 Å². The molecular formula is C21H22ClN3O3S. The van der Waals surface area contributed by atoms with Crippen LogP contribution < -0.4 is 9.46 Å². The van der Waals surface area contributed by atoms with Gasteiger partial charge in [-0.15, -0.1) is 0 Å². The van der Waals surface area contributed by atoms with Crippen LogP contribution in [0.3, 0.4) is 0 Å². The average Bonchev–Trinajstić information content (AvgIpc) is 3.41. The van der Waals surface area contributed by atoms with Gasteiger partial charge in [-0.3, -0.25) is 4.90 Å². The van der Waals surface area contributed by atoms with Gasteiger partial charge in [-0.2, -0.15) is 5.26 Å². The molecular weight excluding hydrogens is 410 g/mol. The summed E-state index contributed by atoms with van der Waals surface area (Å²) < 4.78 is 34.0. The predicted octanol–water partition coefficient (Wildman–Crippen LogP) is 3.31. The SMILES string of the molecule is N#Cc1ccc(Cl)c(S(=O)(=O)N[C@@H]2CCN(Cc3ccc(OC4CC4)cc3)C2)c1. The molecule has 152 valence electrons. The molecule has 2 aromatic carbocycles. The number of halogens is 1. The molecule has 2 aliphatic rings. The zero-order valence-electron chi connectivity index (χ0n) is 15.8. The lowest BCUT2D eigenvalue weighted by molar-refractivity contribution is 0.302. The molecule has 0 radical (unpaired) electrons. The maximum absolute atomic E-state index is 12.7. The Morgan fingerprint density at radius 1 is 1.17 bits per heavy atom. The van der Waals surface area contributed by atoms with Crippen molar-refractivity contribution in [2.24, 2.45) is 0 Å². The van der Waals surface area contributed by atoms with Crippen LogP contribution in [0.15, 0.2) is 47.4 Å². The van der Waals surface area contributed by atoms with Gasteiger partial charge in [0.05, 0.1) is 22.8 Å². The van der Waals surface area contributed by atoms with E-state index in [-0.39, 0.29) is 21.5 Å². The second kappa shape index (κ2) is 8.33. The first-order valence-corrected chi connectivity index (χ1v) is 11.5. The number of hydrogen-bond donors (Lipinski definition) is 1. The van der Waals surface area contributed by atoms with E-state index in [9.17, 15) is 8.42 Å².